The zero-order valence-electron chi connectivity index (χ0n) is 12.1. The first-order valence-electron chi connectivity index (χ1n) is 7.15. The molecule has 1 fully saturated rings. The predicted octanol–water partition coefficient (Wildman–Crippen LogP) is 2.98. The molecule has 1 saturated carbocycles. The maximum atomic E-state index is 6.31. The third-order valence-electron chi connectivity index (χ3n) is 3.90. The molecule has 0 spiro atoms. The van der Waals surface area contributed by atoms with Crippen molar-refractivity contribution in [3.05, 3.63) is 41.5 Å². The van der Waals surface area contributed by atoms with Gasteiger partial charge in [-0.25, -0.2) is 0 Å². The minimum atomic E-state index is -0.411. The van der Waals surface area contributed by atoms with Crippen LogP contribution in [0.2, 0.25) is 0 Å². The molecule has 110 valence electrons. The molecular formula is C16H19N3O2. The van der Waals surface area contributed by atoms with Crippen LogP contribution >= 0.6 is 0 Å². The van der Waals surface area contributed by atoms with E-state index in [0.717, 1.165) is 37.0 Å². The summed E-state index contributed by atoms with van der Waals surface area (Å²) in [5.41, 5.74) is 6.91. The third-order valence-corrected chi connectivity index (χ3v) is 3.90. The average molecular weight is 285 g/mol. The molecule has 0 unspecified atom stereocenters. The topological polar surface area (TPSA) is 74.2 Å². The molecule has 1 aromatic heterocycles. The fraction of sp³-hybridized carbons (Fsp3) is 0.375. The van der Waals surface area contributed by atoms with Gasteiger partial charge in [-0.3, -0.25) is 0 Å². The highest BCUT2D eigenvalue weighted by Crippen LogP contribution is 2.34. The highest BCUT2D eigenvalue weighted by atomic mass is 16.5. The van der Waals surface area contributed by atoms with Gasteiger partial charge in [0.2, 0.25) is 0 Å². The molecular weight excluding hydrogens is 266 g/mol. The summed E-state index contributed by atoms with van der Waals surface area (Å²) in [6.07, 6.45) is 7.80. The molecule has 0 radical (unpaired) electrons. The summed E-state index contributed by atoms with van der Waals surface area (Å²) in [4.78, 5) is 4.40. The van der Waals surface area contributed by atoms with Gasteiger partial charge in [0.1, 0.15) is 5.75 Å². The summed E-state index contributed by atoms with van der Waals surface area (Å²) in [5.74, 6) is 1.91. The van der Waals surface area contributed by atoms with Crippen molar-refractivity contribution in [1.29, 1.82) is 0 Å². The molecule has 1 aliphatic carbocycles. The van der Waals surface area contributed by atoms with Gasteiger partial charge in [-0.2, -0.15) is 4.98 Å². The van der Waals surface area contributed by atoms with Gasteiger partial charge in [-0.15, -0.1) is 0 Å². The maximum Gasteiger partial charge on any atom is 0.250 e. The van der Waals surface area contributed by atoms with Crippen LogP contribution in [0.3, 0.4) is 0 Å². The first-order chi connectivity index (χ1) is 10.2. The Labute approximate surface area is 123 Å². The highest BCUT2D eigenvalue weighted by Gasteiger charge is 2.35. The quantitative estimate of drug-likeness (QED) is 0.934. The Hall–Kier alpha value is -2.14. The smallest absolute Gasteiger partial charge is 0.250 e. The second-order valence-electron chi connectivity index (χ2n) is 5.43. The Balaban J connectivity index is 1.76. The monoisotopic (exact) mass is 285 g/mol. The molecule has 1 aliphatic rings. The van der Waals surface area contributed by atoms with Crippen molar-refractivity contribution in [2.75, 3.05) is 7.11 Å². The van der Waals surface area contributed by atoms with E-state index in [1.165, 1.54) is 0 Å². The molecule has 1 heterocycles. The number of benzene rings is 1. The minimum absolute atomic E-state index is 0.411. The molecule has 5 heteroatoms. The van der Waals surface area contributed by atoms with Crippen molar-refractivity contribution in [3.8, 4) is 5.75 Å². The van der Waals surface area contributed by atoms with E-state index in [9.17, 15) is 0 Å². The molecule has 2 N–H and O–H groups in total. The van der Waals surface area contributed by atoms with Crippen molar-refractivity contribution in [2.24, 2.45) is 5.73 Å². The molecule has 5 nitrogen and oxygen atoms in total. The van der Waals surface area contributed by atoms with Gasteiger partial charge in [0.15, 0.2) is 5.82 Å². The van der Waals surface area contributed by atoms with E-state index in [-0.39, 0.29) is 0 Å². The standard InChI is InChI=1S/C16H19N3O2/c1-20-13-6-4-5-12(11-13)7-8-14-18-15(19-21-14)16(17)9-2-3-10-16/h4-8,11H,2-3,9-10,17H2,1H3/b8-7+. The second kappa shape index (κ2) is 5.69. The summed E-state index contributed by atoms with van der Waals surface area (Å²) in [7, 11) is 1.65. The van der Waals surface area contributed by atoms with E-state index in [2.05, 4.69) is 10.1 Å². The molecule has 2 aromatic rings. The lowest BCUT2D eigenvalue weighted by Crippen LogP contribution is -2.34. The molecule has 0 aliphatic heterocycles. The van der Waals surface area contributed by atoms with Gasteiger partial charge in [0.25, 0.3) is 5.89 Å². The lowest BCUT2D eigenvalue weighted by Gasteiger charge is -2.17. The number of hydrogen-bond donors (Lipinski definition) is 1. The van der Waals surface area contributed by atoms with Gasteiger partial charge in [-0.05, 0) is 36.6 Å². The summed E-state index contributed by atoms with van der Waals surface area (Å²) < 4.78 is 10.5. The second-order valence-corrected chi connectivity index (χ2v) is 5.43. The first-order valence-corrected chi connectivity index (χ1v) is 7.15. The fourth-order valence-electron chi connectivity index (χ4n) is 2.65. The van der Waals surface area contributed by atoms with E-state index < -0.39 is 5.54 Å². The normalized spacial score (nSPS) is 17.4. The van der Waals surface area contributed by atoms with Crippen LogP contribution in [0, 0.1) is 0 Å². The molecule has 0 amide bonds. The Morgan fingerprint density at radius 3 is 2.86 bits per heavy atom. The fourth-order valence-corrected chi connectivity index (χ4v) is 2.65. The average Bonchev–Trinajstić information content (AvgIpc) is 3.15. The predicted molar refractivity (Wildman–Crippen MR) is 80.6 cm³/mol. The molecule has 1 aromatic carbocycles. The van der Waals surface area contributed by atoms with Crippen LogP contribution in [0.5, 0.6) is 5.75 Å². The van der Waals surface area contributed by atoms with Crippen molar-refractivity contribution < 1.29 is 9.26 Å². The van der Waals surface area contributed by atoms with E-state index in [4.69, 9.17) is 15.0 Å². The number of nitrogens with zero attached hydrogens (tertiary/aromatic N) is 2. The number of ether oxygens (including phenoxy) is 1. The van der Waals surface area contributed by atoms with Crippen molar-refractivity contribution >= 4 is 12.2 Å². The lowest BCUT2D eigenvalue weighted by atomic mass is 9.99. The van der Waals surface area contributed by atoms with Crippen LogP contribution in [0.1, 0.15) is 43.0 Å². The number of rotatable bonds is 4. The van der Waals surface area contributed by atoms with Gasteiger partial charge in [0, 0.05) is 6.08 Å². The van der Waals surface area contributed by atoms with Crippen molar-refractivity contribution in [2.45, 2.75) is 31.2 Å². The van der Waals surface area contributed by atoms with E-state index in [1.807, 2.05) is 30.3 Å². The summed E-state index contributed by atoms with van der Waals surface area (Å²) in [5, 5.41) is 4.03. The van der Waals surface area contributed by atoms with Crippen LogP contribution in [0.15, 0.2) is 28.8 Å². The zero-order valence-corrected chi connectivity index (χ0v) is 12.1. The van der Waals surface area contributed by atoms with E-state index in [0.29, 0.717) is 11.7 Å². The molecule has 0 atom stereocenters. The number of hydrogen-bond acceptors (Lipinski definition) is 5. The minimum Gasteiger partial charge on any atom is -0.497 e. The van der Waals surface area contributed by atoms with Gasteiger partial charge < -0.3 is 15.0 Å². The number of aromatic nitrogens is 2. The van der Waals surface area contributed by atoms with Crippen LogP contribution in [-0.4, -0.2) is 17.3 Å². The molecule has 0 saturated heterocycles. The van der Waals surface area contributed by atoms with Crippen LogP contribution < -0.4 is 10.5 Å². The number of methoxy groups -OCH3 is 1. The highest BCUT2D eigenvalue weighted by molar-refractivity contribution is 5.66. The van der Waals surface area contributed by atoms with Crippen molar-refractivity contribution in [1.82, 2.24) is 10.1 Å². The van der Waals surface area contributed by atoms with Gasteiger partial charge >= 0.3 is 0 Å². The summed E-state index contributed by atoms with van der Waals surface area (Å²) in [6.45, 7) is 0. The first kappa shape index (κ1) is 13.8. The Kier molecular flexibility index (Phi) is 3.75. The molecule has 21 heavy (non-hydrogen) atoms. The Morgan fingerprint density at radius 1 is 1.29 bits per heavy atom. The lowest BCUT2D eigenvalue weighted by molar-refractivity contribution is 0.364. The maximum absolute atomic E-state index is 6.31. The number of nitrogens with two attached hydrogens (primary N) is 1. The van der Waals surface area contributed by atoms with Gasteiger partial charge in [-0.1, -0.05) is 30.1 Å². The summed E-state index contributed by atoms with van der Waals surface area (Å²) in [6, 6.07) is 7.76. The Bertz CT molecular complexity index is 642. The van der Waals surface area contributed by atoms with E-state index >= 15 is 0 Å². The van der Waals surface area contributed by atoms with Crippen LogP contribution in [-0.2, 0) is 5.54 Å². The zero-order chi connectivity index (χ0) is 14.7. The molecule has 0 bridgehead atoms. The SMILES string of the molecule is COc1cccc(/C=C/c2nc(C3(N)CCCC3)no2)c1. The van der Waals surface area contributed by atoms with E-state index in [1.54, 1.807) is 13.2 Å². The summed E-state index contributed by atoms with van der Waals surface area (Å²) >= 11 is 0. The third kappa shape index (κ3) is 2.97. The van der Waals surface area contributed by atoms with Crippen molar-refractivity contribution in [3.63, 3.8) is 0 Å². The molecule has 3 rings (SSSR count). The largest absolute Gasteiger partial charge is 0.497 e. The Morgan fingerprint density at radius 2 is 2.10 bits per heavy atom. The van der Waals surface area contributed by atoms with Crippen LogP contribution in [0.25, 0.3) is 12.2 Å². The van der Waals surface area contributed by atoms with Crippen LogP contribution in [0.4, 0.5) is 0 Å². The van der Waals surface area contributed by atoms with Gasteiger partial charge in [0.05, 0.1) is 12.6 Å².